The van der Waals surface area contributed by atoms with Gasteiger partial charge >= 0.3 is 12.4 Å². The van der Waals surface area contributed by atoms with Gasteiger partial charge in [0.25, 0.3) is 5.56 Å². The Morgan fingerprint density at radius 3 is 2.02 bits per heavy atom. The van der Waals surface area contributed by atoms with Gasteiger partial charge in [-0.2, -0.15) is 26.3 Å². The number of pyridine rings is 2. The molecule has 0 radical (unpaired) electrons. The van der Waals surface area contributed by atoms with Crippen LogP contribution in [-0.4, -0.2) is 15.9 Å². The topological polar surface area (TPSA) is 55.3 Å². The van der Waals surface area contributed by atoms with E-state index in [0.29, 0.717) is 34.5 Å². The lowest BCUT2D eigenvalue weighted by Gasteiger charge is -2.25. The molecule has 1 aliphatic rings. The zero-order valence-electron chi connectivity index (χ0n) is 21.2. The maximum Gasteiger partial charge on any atom is 0.416 e. The van der Waals surface area contributed by atoms with Crippen molar-refractivity contribution in [1.82, 2.24) is 4.57 Å². The monoisotopic (exact) mass is 579 g/mol. The van der Waals surface area contributed by atoms with E-state index in [4.69, 9.17) is 4.74 Å². The number of nitrogens with zero attached hydrogens (tertiary/aromatic N) is 2. The highest BCUT2D eigenvalue weighted by Gasteiger charge is 2.40. The molecule has 3 atom stereocenters. The number of hydrogen-bond donors (Lipinski definition) is 1. The van der Waals surface area contributed by atoms with Crippen LogP contribution < -0.4 is 10.3 Å². The van der Waals surface area contributed by atoms with Crippen molar-refractivity contribution in [2.45, 2.75) is 43.9 Å². The van der Waals surface area contributed by atoms with Crippen molar-refractivity contribution in [1.29, 1.82) is 0 Å². The Kier molecular flexibility index (Phi) is 7.14. The second kappa shape index (κ2) is 10.3. The average Bonchev–Trinajstić information content (AvgIpc) is 3.26. The van der Waals surface area contributed by atoms with Crippen LogP contribution in [0.15, 0.2) is 83.9 Å². The van der Waals surface area contributed by atoms with Gasteiger partial charge in [0.2, 0.25) is 12.4 Å². The first kappa shape index (κ1) is 28.3. The quantitative estimate of drug-likeness (QED) is 0.167. The molecule has 0 amide bonds. The predicted octanol–water partition coefficient (Wildman–Crippen LogP) is 6.51. The lowest BCUT2D eigenvalue weighted by molar-refractivity contribution is -0.904. The predicted molar refractivity (Wildman–Crippen MR) is 131 cm³/mol. The molecule has 1 N–H and O–H groups in total. The third kappa shape index (κ3) is 5.83. The summed E-state index contributed by atoms with van der Waals surface area (Å²) in [6, 6.07) is 12.9. The molecule has 2 aromatic heterocycles. The maximum absolute atomic E-state index is 13.8. The van der Waals surface area contributed by atoms with Crippen LogP contribution in [0.25, 0.3) is 11.1 Å². The average molecular weight is 579 g/mol. The summed E-state index contributed by atoms with van der Waals surface area (Å²) in [6.07, 6.45) is -9.42. The highest BCUT2D eigenvalue weighted by atomic mass is 19.4. The molecule has 0 saturated heterocycles. The summed E-state index contributed by atoms with van der Waals surface area (Å²) in [5.74, 6) is -1.22. The van der Waals surface area contributed by atoms with Gasteiger partial charge in [-0.05, 0) is 65.6 Å². The van der Waals surface area contributed by atoms with E-state index in [-0.39, 0.29) is 18.2 Å². The van der Waals surface area contributed by atoms with E-state index >= 15 is 0 Å². The fourth-order valence-electron chi connectivity index (χ4n) is 5.06. The highest BCUT2D eigenvalue weighted by Crippen LogP contribution is 2.41. The molecule has 12 heteroatoms. The molecule has 2 aromatic carbocycles. The number of hydrogen-bond acceptors (Lipinski definition) is 3. The number of halogens is 7. The van der Waals surface area contributed by atoms with Gasteiger partial charge in [0.05, 0.1) is 35.8 Å². The molecule has 41 heavy (non-hydrogen) atoms. The van der Waals surface area contributed by atoms with Crippen LogP contribution in [0, 0.1) is 5.82 Å². The molecule has 0 unspecified atom stereocenters. The molecule has 5 nitrogen and oxygen atoms in total. The molecule has 0 aliphatic carbocycles. The van der Waals surface area contributed by atoms with Gasteiger partial charge in [-0.1, -0.05) is 12.1 Å². The van der Waals surface area contributed by atoms with Crippen LogP contribution in [0.2, 0.25) is 0 Å². The van der Waals surface area contributed by atoms with Gasteiger partial charge in [-0.15, -0.1) is 0 Å². The number of aromatic nitrogens is 2. The van der Waals surface area contributed by atoms with Gasteiger partial charge in [0.1, 0.15) is 5.82 Å². The first-order valence-electron chi connectivity index (χ1n) is 12.4. The fourth-order valence-corrected chi connectivity index (χ4v) is 5.06. The van der Waals surface area contributed by atoms with Gasteiger partial charge < -0.3 is 9.30 Å². The van der Waals surface area contributed by atoms with Crippen LogP contribution in [-0.2, 0) is 23.6 Å². The first-order chi connectivity index (χ1) is 19.2. The molecule has 0 bridgehead atoms. The Morgan fingerprint density at radius 2 is 1.46 bits per heavy atom. The summed E-state index contributed by atoms with van der Waals surface area (Å²) in [7, 11) is 0. The molecular formula is C29H22F7N2O3+. The minimum atomic E-state index is -5.02. The summed E-state index contributed by atoms with van der Waals surface area (Å²) >= 11 is 0. The van der Waals surface area contributed by atoms with E-state index in [9.17, 15) is 40.7 Å². The molecule has 1 aliphatic heterocycles. The Labute approximate surface area is 228 Å². The van der Waals surface area contributed by atoms with Gasteiger partial charge in [0, 0.05) is 28.6 Å². The summed E-state index contributed by atoms with van der Waals surface area (Å²) in [6.45, 7) is 1.29. The zero-order valence-corrected chi connectivity index (χ0v) is 21.2. The van der Waals surface area contributed by atoms with E-state index in [1.54, 1.807) is 18.2 Å². The third-order valence-corrected chi connectivity index (χ3v) is 7.05. The Hall–Kier alpha value is -4.19. The molecular weight excluding hydrogens is 557 g/mol. The minimum absolute atomic E-state index is 0.0443. The van der Waals surface area contributed by atoms with Crippen LogP contribution in [0.3, 0.4) is 0 Å². The van der Waals surface area contributed by atoms with Crippen molar-refractivity contribution < 1.29 is 45.4 Å². The largest absolute Gasteiger partial charge is 0.416 e. The molecule has 214 valence electrons. The molecule has 0 spiro atoms. The van der Waals surface area contributed by atoms with E-state index in [2.05, 4.69) is 0 Å². The van der Waals surface area contributed by atoms with Crippen LogP contribution >= 0.6 is 0 Å². The van der Waals surface area contributed by atoms with Crippen molar-refractivity contribution in [3.63, 3.8) is 0 Å². The number of benzene rings is 2. The first-order valence-corrected chi connectivity index (χ1v) is 12.4. The van der Waals surface area contributed by atoms with Crippen molar-refractivity contribution >= 4 is 0 Å². The van der Waals surface area contributed by atoms with E-state index in [0.717, 1.165) is 4.73 Å². The van der Waals surface area contributed by atoms with E-state index in [1.165, 1.54) is 54.2 Å². The van der Waals surface area contributed by atoms with Crippen molar-refractivity contribution in [2.75, 3.05) is 0 Å². The molecule has 0 fully saturated rings. The van der Waals surface area contributed by atoms with E-state index < -0.39 is 53.0 Å². The SMILES string of the molecule is C[C@@H](O[C@H]1Cn2c(cc(-c3cc[n+](O)cc3)cc2=O)[C@@H]1c1ccc(F)cc1)c1cc(C(F)(F)F)cc(C(F)(F)F)c1. The number of alkyl halides is 6. The number of rotatable bonds is 5. The molecule has 0 saturated carbocycles. The molecule has 3 heterocycles. The van der Waals surface area contributed by atoms with Crippen molar-refractivity contribution in [2.24, 2.45) is 0 Å². The van der Waals surface area contributed by atoms with E-state index in [1.807, 2.05) is 0 Å². The van der Waals surface area contributed by atoms with Crippen molar-refractivity contribution in [3.05, 3.63) is 123 Å². The lowest BCUT2D eigenvalue weighted by atomic mass is 9.91. The normalized spacial score (nSPS) is 17.9. The molecule has 5 rings (SSSR count). The third-order valence-electron chi connectivity index (χ3n) is 7.05. The highest BCUT2D eigenvalue weighted by molar-refractivity contribution is 5.63. The Morgan fingerprint density at radius 1 is 0.878 bits per heavy atom. The van der Waals surface area contributed by atoms with Crippen LogP contribution in [0.1, 0.15) is 46.9 Å². The van der Waals surface area contributed by atoms with Gasteiger partial charge in [-0.25, -0.2) is 4.39 Å². The number of fused-ring (bicyclic) bond motifs is 1. The fraction of sp³-hybridized carbons (Fsp3) is 0.241. The second-order valence-corrected chi connectivity index (χ2v) is 9.77. The summed E-state index contributed by atoms with van der Waals surface area (Å²) in [4.78, 5) is 13.2. The maximum atomic E-state index is 13.8. The minimum Gasteiger partial charge on any atom is -0.368 e. The van der Waals surface area contributed by atoms with Gasteiger partial charge in [-0.3, -0.25) is 10.0 Å². The lowest BCUT2D eigenvalue weighted by Crippen LogP contribution is -2.27. The van der Waals surface area contributed by atoms with Crippen LogP contribution in [0.5, 0.6) is 0 Å². The number of ether oxygens (including phenoxy) is 1. The van der Waals surface area contributed by atoms with Crippen molar-refractivity contribution in [3.8, 4) is 11.1 Å². The Bertz CT molecular complexity index is 1600. The summed E-state index contributed by atoms with van der Waals surface area (Å²) in [5.41, 5.74) is -1.56. The van der Waals surface area contributed by atoms with Crippen LogP contribution in [0.4, 0.5) is 30.7 Å². The van der Waals surface area contributed by atoms with Gasteiger partial charge in [0.15, 0.2) is 0 Å². The smallest absolute Gasteiger partial charge is 0.368 e. The molecule has 4 aromatic rings. The summed E-state index contributed by atoms with van der Waals surface area (Å²) < 4.78 is 103. The Balaban J connectivity index is 1.56. The second-order valence-electron chi connectivity index (χ2n) is 9.77. The zero-order chi connectivity index (χ0) is 29.7. The summed E-state index contributed by atoms with van der Waals surface area (Å²) in [5, 5.41) is 9.54. The standard InChI is InChI=1S/C29H22F7N2O3/c1-16(19-10-21(28(31,32)33)14-22(11-19)29(34,35)36)41-25-15-38-24(27(25)18-2-4-23(30)5-3-18)12-20(13-26(38)39)17-6-8-37(40)9-7-17/h2-14,16,25,27,40H,15H2,1H3/q+1/t16-,25+,27+/m1/s1.